The Balaban J connectivity index is 2.04. The first-order valence-corrected chi connectivity index (χ1v) is 9.49. The minimum absolute atomic E-state index is 0.0776. The Bertz CT molecular complexity index is 789. The highest BCUT2D eigenvalue weighted by atomic mass is 16.5. The summed E-state index contributed by atoms with van der Waals surface area (Å²) in [5.41, 5.74) is 5.00. The Morgan fingerprint density at radius 3 is 2.37 bits per heavy atom. The van der Waals surface area contributed by atoms with Crippen molar-refractivity contribution < 1.29 is 14.3 Å². The van der Waals surface area contributed by atoms with Crippen LogP contribution in [0.4, 0.5) is 0 Å². The molecule has 5 heteroatoms. The van der Waals surface area contributed by atoms with Gasteiger partial charge in [0.2, 0.25) is 0 Å². The molecule has 0 bridgehead atoms. The second-order valence-electron chi connectivity index (χ2n) is 7.16. The fraction of sp³-hybridized carbons (Fsp3) is 0.455. The molecule has 0 atom stereocenters. The molecule has 2 rings (SSSR count). The maximum atomic E-state index is 12.5. The molecule has 1 heterocycles. The molecule has 0 spiro atoms. The van der Waals surface area contributed by atoms with Crippen LogP contribution in [0.3, 0.4) is 0 Å². The largest absolute Gasteiger partial charge is 0.469 e. The van der Waals surface area contributed by atoms with E-state index in [4.69, 9.17) is 0 Å². The summed E-state index contributed by atoms with van der Waals surface area (Å²) in [6.07, 6.45) is 1.83. The summed E-state index contributed by atoms with van der Waals surface area (Å²) in [6, 6.07) is 10.4. The lowest BCUT2D eigenvalue weighted by Crippen LogP contribution is -2.25. The minimum Gasteiger partial charge on any atom is -0.469 e. The van der Waals surface area contributed by atoms with Gasteiger partial charge in [-0.2, -0.15) is 0 Å². The molecular weight excluding hydrogens is 340 g/mol. The Labute approximate surface area is 161 Å². The van der Waals surface area contributed by atoms with E-state index >= 15 is 0 Å². The molecule has 0 aliphatic carbocycles. The lowest BCUT2D eigenvalue weighted by atomic mass is 10.0. The molecule has 0 saturated heterocycles. The van der Waals surface area contributed by atoms with Crippen LogP contribution in [-0.4, -0.2) is 30.1 Å². The number of nitrogens with one attached hydrogen (secondary N) is 1. The number of benzene rings is 1. The van der Waals surface area contributed by atoms with Crippen molar-refractivity contribution in [1.29, 1.82) is 0 Å². The van der Waals surface area contributed by atoms with Crippen molar-refractivity contribution in [1.82, 2.24) is 9.88 Å². The number of hydrogen-bond acceptors (Lipinski definition) is 3. The Morgan fingerprint density at radius 2 is 1.78 bits per heavy atom. The number of carbonyl (C=O) groups excluding carboxylic acids is 2. The Morgan fingerprint density at radius 1 is 1.11 bits per heavy atom. The van der Waals surface area contributed by atoms with Crippen molar-refractivity contribution in [3.63, 3.8) is 0 Å². The number of ether oxygens (including phenoxy) is 1. The summed E-state index contributed by atoms with van der Waals surface area (Å²) >= 11 is 0. The van der Waals surface area contributed by atoms with Crippen LogP contribution in [0.15, 0.2) is 30.3 Å². The van der Waals surface area contributed by atoms with Crippen LogP contribution in [0.1, 0.15) is 66.3 Å². The molecule has 0 aliphatic rings. The van der Waals surface area contributed by atoms with Gasteiger partial charge in [0, 0.05) is 30.0 Å². The van der Waals surface area contributed by atoms with E-state index in [0.717, 1.165) is 23.5 Å². The van der Waals surface area contributed by atoms with E-state index in [2.05, 4.69) is 52.7 Å². The molecule has 1 amide bonds. The van der Waals surface area contributed by atoms with E-state index in [-0.39, 0.29) is 11.9 Å². The van der Waals surface area contributed by atoms with Gasteiger partial charge in [-0.25, -0.2) is 0 Å². The van der Waals surface area contributed by atoms with Crippen LogP contribution >= 0.6 is 0 Å². The lowest BCUT2D eigenvalue weighted by Gasteiger charge is -2.12. The van der Waals surface area contributed by atoms with Gasteiger partial charge in [0.25, 0.3) is 5.91 Å². The average Bonchev–Trinajstić information content (AvgIpc) is 2.95. The quantitative estimate of drug-likeness (QED) is 0.557. The van der Waals surface area contributed by atoms with Gasteiger partial charge in [0.05, 0.1) is 12.7 Å². The van der Waals surface area contributed by atoms with Gasteiger partial charge in [0.15, 0.2) is 0 Å². The van der Waals surface area contributed by atoms with Crippen molar-refractivity contribution in [3.8, 4) is 5.69 Å². The number of unbranched alkanes of at least 4 members (excludes halogenated alkanes) is 1. The monoisotopic (exact) mass is 370 g/mol. The van der Waals surface area contributed by atoms with Gasteiger partial charge in [0.1, 0.15) is 0 Å². The maximum Gasteiger partial charge on any atom is 0.305 e. The summed E-state index contributed by atoms with van der Waals surface area (Å²) < 4.78 is 6.72. The van der Waals surface area contributed by atoms with Gasteiger partial charge in [-0.1, -0.05) is 26.0 Å². The minimum atomic E-state index is -0.214. The molecule has 1 aromatic heterocycles. The molecule has 5 nitrogen and oxygen atoms in total. The van der Waals surface area contributed by atoms with Crippen LogP contribution in [-0.2, 0) is 9.53 Å². The van der Waals surface area contributed by atoms with Crippen LogP contribution < -0.4 is 5.32 Å². The van der Waals surface area contributed by atoms with Crippen molar-refractivity contribution in [2.75, 3.05) is 13.7 Å². The first-order chi connectivity index (χ1) is 12.8. The standard InChI is InChI=1S/C22H30N2O3/c1-15(2)18-9-11-19(12-10-18)24-16(3)14-20(17(24)4)22(26)23-13-7-6-8-21(25)27-5/h9-12,14-15H,6-8,13H2,1-5H3,(H,23,26). The van der Waals surface area contributed by atoms with E-state index in [9.17, 15) is 9.59 Å². The third-order valence-corrected chi connectivity index (χ3v) is 4.81. The van der Waals surface area contributed by atoms with Crippen molar-refractivity contribution in [2.24, 2.45) is 0 Å². The first-order valence-electron chi connectivity index (χ1n) is 9.49. The van der Waals surface area contributed by atoms with Crippen LogP contribution in [0.5, 0.6) is 0 Å². The van der Waals surface area contributed by atoms with Crippen molar-refractivity contribution >= 4 is 11.9 Å². The summed E-state index contributed by atoms with van der Waals surface area (Å²) in [5.74, 6) is 0.200. The van der Waals surface area contributed by atoms with Gasteiger partial charge in [-0.3, -0.25) is 9.59 Å². The number of esters is 1. The predicted octanol–water partition coefficient (Wildman–Crippen LogP) is 4.29. The summed E-state index contributed by atoms with van der Waals surface area (Å²) in [4.78, 5) is 23.6. The number of rotatable bonds is 8. The smallest absolute Gasteiger partial charge is 0.305 e. The van der Waals surface area contributed by atoms with E-state index in [1.54, 1.807) is 0 Å². The van der Waals surface area contributed by atoms with E-state index in [1.165, 1.54) is 12.7 Å². The highest BCUT2D eigenvalue weighted by Gasteiger charge is 2.16. The third kappa shape index (κ3) is 5.22. The number of methoxy groups -OCH3 is 1. The maximum absolute atomic E-state index is 12.5. The molecule has 2 aromatic rings. The molecule has 0 unspecified atom stereocenters. The molecule has 0 fully saturated rings. The van der Waals surface area contributed by atoms with Crippen LogP contribution in [0.2, 0.25) is 0 Å². The molecule has 0 radical (unpaired) electrons. The number of carbonyl (C=O) groups is 2. The number of hydrogen-bond donors (Lipinski definition) is 1. The molecule has 0 aliphatic heterocycles. The second-order valence-corrected chi connectivity index (χ2v) is 7.16. The van der Waals surface area contributed by atoms with E-state index < -0.39 is 0 Å². The molecule has 0 saturated carbocycles. The molecular formula is C22H30N2O3. The van der Waals surface area contributed by atoms with Crippen LogP contribution in [0, 0.1) is 13.8 Å². The number of aryl methyl sites for hydroxylation is 1. The van der Waals surface area contributed by atoms with Crippen molar-refractivity contribution in [3.05, 3.63) is 52.8 Å². The van der Waals surface area contributed by atoms with Gasteiger partial charge >= 0.3 is 5.97 Å². The number of nitrogens with zero attached hydrogens (tertiary/aromatic N) is 1. The zero-order valence-electron chi connectivity index (χ0n) is 17.0. The fourth-order valence-corrected chi connectivity index (χ4v) is 3.19. The molecule has 146 valence electrons. The number of amides is 1. The van der Waals surface area contributed by atoms with E-state index in [0.29, 0.717) is 30.9 Å². The average molecular weight is 370 g/mol. The molecule has 27 heavy (non-hydrogen) atoms. The number of aromatic nitrogens is 1. The highest BCUT2D eigenvalue weighted by Crippen LogP contribution is 2.23. The van der Waals surface area contributed by atoms with Gasteiger partial charge < -0.3 is 14.6 Å². The summed E-state index contributed by atoms with van der Waals surface area (Å²) in [5, 5.41) is 2.94. The van der Waals surface area contributed by atoms with E-state index in [1.807, 2.05) is 19.9 Å². The topological polar surface area (TPSA) is 60.3 Å². The Hall–Kier alpha value is -2.56. The zero-order chi connectivity index (χ0) is 20.0. The van der Waals surface area contributed by atoms with Gasteiger partial charge in [-0.15, -0.1) is 0 Å². The predicted molar refractivity (Wildman–Crippen MR) is 108 cm³/mol. The SMILES string of the molecule is COC(=O)CCCCNC(=O)c1cc(C)n(-c2ccc(C(C)C)cc2)c1C. The normalized spacial score (nSPS) is 10.9. The molecule has 1 aromatic carbocycles. The lowest BCUT2D eigenvalue weighted by molar-refractivity contribution is -0.140. The molecule has 1 N–H and O–H groups in total. The zero-order valence-corrected chi connectivity index (χ0v) is 17.0. The summed E-state index contributed by atoms with van der Waals surface area (Å²) in [7, 11) is 1.39. The second kappa shape index (κ2) is 9.40. The first kappa shape index (κ1) is 20.7. The van der Waals surface area contributed by atoms with Gasteiger partial charge in [-0.05, 0) is 56.4 Å². The Kier molecular flexibility index (Phi) is 7.22. The summed E-state index contributed by atoms with van der Waals surface area (Å²) in [6.45, 7) is 8.87. The highest BCUT2D eigenvalue weighted by molar-refractivity contribution is 5.95. The fourth-order valence-electron chi connectivity index (χ4n) is 3.19. The third-order valence-electron chi connectivity index (χ3n) is 4.81. The van der Waals surface area contributed by atoms with Crippen molar-refractivity contribution in [2.45, 2.75) is 52.9 Å². The van der Waals surface area contributed by atoms with Crippen LogP contribution in [0.25, 0.3) is 5.69 Å².